The van der Waals surface area contributed by atoms with Gasteiger partial charge in [-0.1, -0.05) is 49.6 Å². The fourth-order valence-electron chi connectivity index (χ4n) is 1.30. The third kappa shape index (κ3) is 3.12. The molecule has 2 aromatic rings. The highest BCUT2D eigenvalue weighted by atomic mass is 35.5. The Labute approximate surface area is 116 Å². The van der Waals surface area contributed by atoms with Gasteiger partial charge in [-0.2, -0.15) is 0 Å². The van der Waals surface area contributed by atoms with Gasteiger partial charge >= 0.3 is 6.01 Å². The van der Waals surface area contributed by atoms with E-state index in [-0.39, 0.29) is 17.8 Å². The molecular weight excluding hydrogens is 266 g/mol. The average Bonchev–Trinajstić information content (AvgIpc) is 2.76. The Hall–Kier alpha value is -1.88. The quantitative estimate of drug-likeness (QED) is 0.915. The van der Waals surface area contributed by atoms with Crippen molar-refractivity contribution < 1.29 is 9.21 Å². The lowest BCUT2D eigenvalue weighted by Crippen LogP contribution is -2.27. The molecule has 0 aliphatic heterocycles. The zero-order valence-electron chi connectivity index (χ0n) is 10.9. The molecule has 1 amide bonds. The molecule has 0 saturated heterocycles. The van der Waals surface area contributed by atoms with Gasteiger partial charge in [-0.25, -0.2) is 0 Å². The third-order valence-electron chi connectivity index (χ3n) is 2.43. The first-order valence-corrected chi connectivity index (χ1v) is 6.15. The van der Waals surface area contributed by atoms with Crippen molar-refractivity contribution in [3.63, 3.8) is 0 Å². The molecule has 1 aromatic heterocycles. The van der Waals surface area contributed by atoms with Gasteiger partial charge in [0.25, 0.3) is 5.89 Å². The van der Waals surface area contributed by atoms with Gasteiger partial charge < -0.3 is 4.42 Å². The van der Waals surface area contributed by atoms with Crippen molar-refractivity contribution in [3.8, 4) is 11.5 Å². The minimum absolute atomic E-state index is 0.0647. The molecule has 0 unspecified atom stereocenters. The molecule has 0 aliphatic rings. The Morgan fingerprint density at radius 2 is 1.95 bits per heavy atom. The molecule has 0 atom stereocenters. The fourth-order valence-corrected chi connectivity index (χ4v) is 1.52. The van der Waals surface area contributed by atoms with E-state index in [2.05, 4.69) is 15.5 Å². The Morgan fingerprint density at radius 1 is 1.26 bits per heavy atom. The topological polar surface area (TPSA) is 68.0 Å². The normalized spacial score (nSPS) is 11.4. The van der Waals surface area contributed by atoms with Crippen LogP contribution in [0.4, 0.5) is 6.01 Å². The van der Waals surface area contributed by atoms with Crippen LogP contribution in [0.25, 0.3) is 11.5 Å². The number of halogens is 1. The number of amides is 1. The number of carbonyl (C=O) groups excluding carboxylic acids is 1. The van der Waals surface area contributed by atoms with Crippen molar-refractivity contribution in [2.24, 2.45) is 5.41 Å². The number of nitrogens with zero attached hydrogens (tertiary/aromatic N) is 2. The van der Waals surface area contributed by atoms with E-state index in [4.69, 9.17) is 16.0 Å². The minimum Gasteiger partial charge on any atom is -0.403 e. The molecule has 100 valence electrons. The van der Waals surface area contributed by atoms with Gasteiger partial charge in [0.2, 0.25) is 5.91 Å². The molecule has 0 saturated carbocycles. The first-order chi connectivity index (χ1) is 8.88. The molecule has 0 fully saturated rings. The summed E-state index contributed by atoms with van der Waals surface area (Å²) in [5.41, 5.74) is 0.104. The third-order valence-corrected chi connectivity index (χ3v) is 2.76. The first-order valence-electron chi connectivity index (χ1n) is 5.78. The van der Waals surface area contributed by atoms with E-state index in [0.717, 1.165) is 0 Å². The van der Waals surface area contributed by atoms with E-state index in [1.165, 1.54) is 0 Å². The van der Waals surface area contributed by atoms with E-state index < -0.39 is 5.41 Å². The number of rotatable bonds is 2. The number of carbonyl (C=O) groups is 1. The van der Waals surface area contributed by atoms with Gasteiger partial charge in [0.1, 0.15) is 0 Å². The molecule has 6 heteroatoms. The molecule has 1 aromatic carbocycles. The van der Waals surface area contributed by atoms with Gasteiger partial charge in [-0.15, -0.1) is 5.10 Å². The van der Waals surface area contributed by atoms with E-state index >= 15 is 0 Å². The second-order valence-corrected chi connectivity index (χ2v) is 5.50. The fraction of sp³-hybridized carbons (Fsp3) is 0.308. The van der Waals surface area contributed by atoms with Crippen molar-refractivity contribution in [2.45, 2.75) is 20.8 Å². The van der Waals surface area contributed by atoms with Gasteiger partial charge in [0.05, 0.1) is 10.6 Å². The van der Waals surface area contributed by atoms with Gasteiger partial charge in [0.15, 0.2) is 0 Å². The number of aromatic nitrogens is 2. The Balaban J connectivity index is 2.21. The van der Waals surface area contributed by atoms with Crippen molar-refractivity contribution >= 4 is 23.5 Å². The molecule has 19 heavy (non-hydrogen) atoms. The predicted molar refractivity (Wildman–Crippen MR) is 72.8 cm³/mol. The maximum Gasteiger partial charge on any atom is 0.322 e. The predicted octanol–water partition coefficient (Wildman–Crippen LogP) is 3.37. The summed E-state index contributed by atoms with van der Waals surface area (Å²) in [4.78, 5) is 11.8. The number of hydrogen-bond donors (Lipinski definition) is 1. The van der Waals surface area contributed by atoms with E-state index in [1.807, 2.05) is 12.1 Å². The molecule has 0 aliphatic carbocycles. The summed E-state index contributed by atoms with van der Waals surface area (Å²) in [6, 6.07) is 7.19. The number of anilines is 1. The molecule has 1 N–H and O–H groups in total. The van der Waals surface area contributed by atoms with Gasteiger partial charge in [-0.05, 0) is 12.1 Å². The smallest absolute Gasteiger partial charge is 0.322 e. The Morgan fingerprint density at radius 3 is 2.58 bits per heavy atom. The maximum absolute atomic E-state index is 11.8. The summed E-state index contributed by atoms with van der Waals surface area (Å²) >= 11 is 6.03. The minimum atomic E-state index is -0.529. The molecular formula is C13H14ClN3O2. The zero-order valence-corrected chi connectivity index (χ0v) is 11.7. The number of benzene rings is 1. The monoisotopic (exact) mass is 279 g/mol. The molecule has 0 radical (unpaired) electrons. The van der Waals surface area contributed by atoms with Crippen LogP contribution in [-0.4, -0.2) is 16.1 Å². The van der Waals surface area contributed by atoms with Crippen LogP contribution in [0.5, 0.6) is 0 Å². The van der Waals surface area contributed by atoms with E-state index in [9.17, 15) is 4.79 Å². The van der Waals surface area contributed by atoms with Crippen LogP contribution < -0.4 is 5.32 Å². The Kier molecular flexibility index (Phi) is 3.57. The van der Waals surface area contributed by atoms with Crippen LogP contribution >= 0.6 is 11.6 Å². The standard InChI is InChI=1S/C13H14ClN3O2/c1-13(2,3)11(18)15-12-17-16-10(19-12)8-6-4-5-7-9(8)14/h4-7H,1-3H3,(H,15,17,18). The molecule has 0 bridgehead atoms. The lowest BCUT2D eigenvalue weighted by atomic mass is 9.96. The second-order valence-electron chi connectivity index (χ2n) is 5.10. The largest absolute Gasteiger partial charge is 0.403 e. The van der Waals surface area contributed by atoms with Crippen LogP contribution in [0.1, 0.15) is 20.8 Å². The highest BCUT2D eigenvalue weighted by Gasteiger charge is 2.23. The van der Waals surface area contributed by atoms with E-state index in [1.54, 1.807) is 32.9 Å². The van der Waals surface area contributed by atoms with Gasteiger partial charge in [0, 0.05) is 5.41 Å². The highest BCUT2D eigenvalue weighted by molar-refractivity contribution is 6.33. The molecule has 0 spiro atoms. The van der Waals surface area contributed by atoms with Gasteiger partial charge in [-0.3, -0.25) is 10.1 Å². The molecule has 1 heterocycles. The summed E-state index contributed by atoms with van der Waals surface area (Å²) in [6.07, 6.45) is 0. The van der Waals surface area contributed by atoms with Crippen molar-refractivity contribution in [3.05, 3.63) is 29.3 Å². The van der Waals surface area contributed by atoms with Crippen molar-refractivity contribution in [1.29, 1.82) is 0 Å². The maximum atomic E-state index is 11.8. The lowest BCUT2D eigenvalue weighted by molar-refractivity contribution is -0.123. The van der Waals surface area contributed by atoms with Crippen molar-refractivity contribution in [1.82, 2.24) is 10.2 Å². The lowest BCUT2D eigenvalue weighted by Gasteiger charge is -2.15. The summed E-state index contributed by atoms with van der Waals surface area (Å²) in [5.74, 6) is 0.0802. The SMILES string of the molecule is CC(C)(C)C(=O)Nc1nnc(-c2ccccc2Cl)o1. The first kappa shape index (κ1) is 13.5. The number of nitrogens with one attached hydrogen (secondary N) is 1. The number of hydrogen-bond acceptors (Lipinski definition) is 4. The van der Waals surface area contributed by atoms with Crippen LogP contribution in [-0.2, 0) is 4.79 Å². The van der Waals surface area contributed by atoms with Crippen molar-refractivity contribution in [2.75, 3.05) is 5.32 Å². The highest BCUT2D eigenvalue weighted by Crippen LogP contribution is 2.27. The summed E-state index contributed by atoms with van der Waals surface area (Å²) in [7, 11) is 0. The second kappa shape index (κ2) is 5.01. The summed E-state index contributed by atoms with van der Waals surface area (Å²) in [6.45, 7) is 5.40. The Bertz CT molecular complexity index is 602. The summed E-state index contributed by atoms with van der Waals surface area (Å²) in [5, 5.41) is 10.7. The molecule has 2 rings (SSSR count). The average molecular weight is 280 g/mol. The summed E-state index contributed by atoms with van der Waals surface area (Å²) < 4.78 is 5.38. The van der Waals surface area contributed by atoms with Crippen LogP contribution in [0, 0.1) is 5.41 Å². The molecule has 5 nitrogen and oxygen atoms in total. The van der Waals surface area contributed by atoms with Crippen LogP contribution in [0.2, 0.25) is 5.02 Å². The van der Waals surface area contributed by atoms with Crippen LogP contribution in [0.15, 0.2) is 28.7 Å². The van der Waals surface area contributed by atoms with Crippen LogP contribution in [0.3, 0.4) is 0 Å². The zero-order chi connectivity index (χ0) is 14.0. The van der Waals surface area contributed by atoms with E-state index in [0.29, 0.717) is 10.6 Å².